The fourth-order valence-corrected chi connectivity index (χ4v) is 1.31. The van der Waals surface area contributed by atoms with Crippen LogP contribution in [0, 0.1) is 5.92 Å². The number of rotatable bonds is 3. The van der Waals surface area contributed by atoms with Gasteiger partial charge in [0, 0.05) is 0 Å². The smallest absolute Gasteiger partial charge is 0.0695 e. The Morgan fingerprint density at radius 1 is 1.70 bits per heavy atom. The molecule has 0 amide bonds. The number of aliphatic hydroxyl groups excluding tert-OH is 1. The van der Waals surface area contributed by atoms with Gasteiger partial charge in [-0.3, -0.25) is 0 Å². The number of aliphatic hydroxyl groups is 1. The molecule has 1 saturated carbocycles. The van der Waals surface area contributed by atoms with Crippen molar-refractivity contribution in [3.8, 4) is 0 Å². The van der Waals surface area contributed by atoms with Crippen molar-refractivity contribution in [3.63, 3.8) is 0 Å². The molecular weight excluding hydrogens is 124 g/mol. The Labute approximate surface area is 62.8 Å². The van der Waals surface area contributed by atoms with Gasteiger partial charge in [0.1, 0.15) is 0 Å². The molecule has 0 aromatic heterocycles. The zero-order valence-corrected chi connectivity index (χ0v) is 6.80. The van der Waals surface area contributed by atoms with E-state index in [1.165, 1.54) is 18.4 Å². The molecule has 0 bridgehead atoms. The standard InChI is InChI=1S/C9H16O/c1-3-8(6-7(2)10)9-4-5-9/h6-7,9-10H,3-5H2,1-2H3. The second-order valence-corrected chi connectivity index (χ2v) is 3.11. The Balaban J connectivity index is 2.45. The minimum absolute atomic E-state index is 0.254. The van der Waals surface area contributed by atoms with Gasteiger partial charge >= 0.3 is 0 Å². The molecule has 1 unspecified atom stereocenters. The predicted octanol–water partition coefficient (Wildman–Crippen LogP) is 2.11. The van der Waals surface area contributed by atoms with E-state index in [0.29, 0.717) is 0 Å². The number of hydrogen-bond donors (Lipinski definition) is 1. The van der Waals surface area contributed by atoms with Gasteiger partial charge in [0.25, 0.3) is 0 Å². The zero-order valence-electron chi connectivity index (χ0n) is 6.80. The maximum absolute atomic E-state index is 9.05. The third-order valence-corrected chi connectivity index (χ3v) is 1.97. The molecule has 0 aromatic carbocycles. The molecule has 0 saturated heterocycles. The van der Waals surface area contributed by atoms with Crippen LogP contribution in [0.1, 0.15) is 33.1 Å². The summed E-state index contributed by atoms with van der Waals surface area (Å²) in [4.78, 5) is 0. The molecule has 1 N–H and O–H groups in total. The fourth-order valence-electron chi connectivity index (χ4n) is 1.31. The lowest BCUT2D eigenvalue weighted by Crippen LogP contribution is -1.96. The van der Waals surface area contributed by atoms with Crippen LogP contribution in [0.4, 0.5) is 0 Å². The fraction of sp³-hybridized carbons (Fsp3) is 0.778. The van der Waals surface area contributed by atoms with Crippen molar-refractivity contribution in [3.05, 3.63) is 11.6 Å². The van der Waals surface area contributed by atoms with Gasteiger partial charge in [-0.2, -0.15) is 0 Å². The van der Waals surface area contributed by atoms with E-state index in [2.05, 4.69) is 6.92 Å². The monoisotopic (exact) mass is 140 g/mol. The third-order valence-electron chi connectivity index (χ3n) is 1.97. The summed E-state index contributed by atoms with van der Waals surface area (Å²) in [5, 5.41) is 9.05. The quantitative estimate of drug-likeness (QED) is 0.595. The molecule has 0 spiro atoms. The maximum Gasteiger partial charge on any atom is 0.0695 e. The Bertz CT molecular complexity index is 132. The lowest BCUT2D eigenvalue weighted by molar-refractivity contribution is 0.242. The molecule has 1 atom stereocenters. The Hall–Kier alpha value is -0.300. The first kappa shape index (κ1) is 7.80. The topological polar surface area (TPSA) is 20.2 Å². The molecule has 1 rings (SSSR count). The third kappa shape index (κ3) is 2.14. The van der Waals surface area contributed by atoms with E-state index in [1.807, 2.05) is 13.0 Å². The average molecular weight is 140 g/mol. The van der Waals surface area contributed by atoms with E-state index in [9.17, 15) is 0 Å². The molecular formula is C9H16O. The summed E-state index contributed by atoms with van der Waals surface area (Å²) in [6.45, 7) is 3.98. The summed E-state index contributed by atoms with van der Waals surface area (Å²) in [5.41, 5.74) is 1.45. The molecule has 10 heavy (non-hydrogen) atoms. The van der Waals surface area contributed by atoms with Crippen molar-refractivity contribution in [1.29, 1.82) is 0 Å². The second-order valence-electron chi connectivity index (χ2n) is 3.11. The normalized spacial score (nSPS) is 22.9. The second kappa shape index (κ2) is 3.20. The summed E-state index contributed by atoms with van der Waals surface area (Å²) < 4.78 is 0. The Kier molecular flexibility index (Phi) is 2.50. The van der Waals surface area contributed by atoms with E-state index in [-0.39, 0.29) is 6.10 Å². The molecule has 58 valence electrons. The summed E-state index contributed by atoms with van der Waals surface area (Å²) in [5.74, 6) is 0.819. The molecule has 0 aliphatic heterocycles. The molecule has 1 fully saturated rings. The van der Waals surface area contributed by atoms with Gasteiger partial charge in [0.15, 0.2) is 0 Å². The van der Waals surface area contributed by atoms with Crippen molar-refractivity contribution in [2.75, 3.05) is 0 Å². The molecule has 1 aliphatic rings. The van der Waals surface area contributed by atoms with Gasteiger partial charge < -0.3 is 5.11 Å². The highest BCUT2D eigenvalue weighted by molar-refractivity contribution is 5.13. The van der Waals surface area contributed by atoms with Crippen LogP contribution in [0.25, 0.3) is 0 Å². The first-order valence-corrected chi connectivity index (χ1v) is 4.12. The molecule has 1 nitrogen and oxygen atoms in total. The van der Waals surface area contributed by atoms with E-state index in [4.69, 9.17) is 5.11 Å². The molecule has 1 aliphatic carbocycles. The predicted molar refractivity (Wildman–Crippen MR) is 42.8 cm³/mol. The minimum Gasteiger partial charge on any atom is -0.389 e. The summed E-state index contributed by atoms with van der Waals surface area (Å²) in [6, 6.07) is 0. The van der Waals surface area contributed by atoms with Crippen molar-refractivity contribution in [2.24, 2.45) is 5.92 Å². The zero-order chi connectivity index (χ0) is 7.56. The van der Waals surface area contributed by atoms with Crippen molar-refractivity contribution >= 4 is 0 Å². The maximum atomic E-state index is 9.05. The van der Waals surface area contributed by atoms with Crippen LogP contribution in [0.2, 0.25) is 0 Å². The lowest BCUT2D eigenvalue weighted by Gasteiger charge is -2.02. The van der Waals surface area contributed by atoms with Gasteiger partial charge in [-0.1, -0.05) is 18.6 Å². The highest BCUT2D eigenvalue weighted by Crippen LogP contribution is 2.37. The summed E-state index contributed by atoms with van der Waals surface area (Å²) in [7, 11) is 0. The van der Waals surface area contributed by atoms with Crippen molar-refractivity contribution in [1.82, 2.24) is 0 Å². The average Bonchev–Trinajstić information content (AvgIpc) is 2.63. The molecule has 1 heteroatoms. The molecule has 0 aromatic rings. The highest BCUT2D eigenvalue weighted by atomic mass is 16.3. The Morgan fingerprint density at radius 2 is 2.30 bits per heavy atom. The van der Waals surface area contributed by atoms with Crippen LogP contribution >= 0.6 is 0 Å². The first-order valence-electron chi connectivity index (χ1n) is 4.12. The van der Waals surface area contributed by atoms with Gasteiger partial charge in [-0.25, -0.2) is 0 Å². The van der Waals surface area contributed by atoms with Crippen molar-refractivity contribution in [2.45, 2.75) is 39.2 Å². The Morgan fingerprint density at radius 3 is 2.60 bits per heavy atom. The minimum atomic E-state index is -0.254. The van der Waals surface area contributed by atoms with Crippen LogP contribution in [0.3, 0.4) is 0 Å². The van der Waals surface area contributed by atoms with Gasteiger partial charge in [0.05, 0.1) is 6.10 Å². The van der Waals surface area contributed by atoms with Crippen LogP contribution in [0.5, 0.6) is 0 Å². The summed E-state index contributed by atoms with van der Waals surface area (Å²) in [6.07, 6.45) is 5.53. The number of allylic oxidation sites excluding steroid dienone is 1. The van der Waals surface area contributed by atoms with Crippen LogP contribution in [0.15, 0.2) is 11.6 Å². The van der Waals surface area contributed by atoms with Crippen LogP contribution in [-0.2, 0) is 0 Å². The van der Waals surface area contributed by atoms with Crippen molar-refractivity contribution < 1.29 is 5.11 Å². The number of hydrogen-bond acceptors (Lipinski definition) is 1. The van der Waals surface area contributed by atoms with Gasteiger partial charge in [-0.05, 0) is 32.1 Å². The van der Waals surface area contributed by atoms with Crippen LogP contribution < -0.4 is 0 Å². The van der Waals surface area contributed by atoms with Gasteiger partial charge in [-0.15, -0.1) is 0 Å². The van der Waals surface area contributed by atoms with Crippen LogP contribution in [-0.4, -0.2) is 11.2 Å². The largest absolute Gasteiger partial charge is 0.389 e. The van der Waals surface area contributed by atoms with E-state index in [1.54, 1.807) is 0 Å². The first-order chi connectivity index (χ1) is 4.74. The SMILES string of the molecule is CCC(=CC(C)O)C1CC1. The lowest BCUT2D eigenvalue weighted by atomic mass is 10.1. The molecule has 0 radical (unpaired) electrons. The van der Waals surface area contributed by atoms with E-state index < -0.39 is 0 Å². The highest BCUT2D eigenvalue weighted by Gasteiger charge is 2.24. The van der Waals surface area contributed by atoms with Gasteiger partial charge in [0.2, 0.25) is 0 Å². The van der Waals surface area contributed by atoms with E-state index in [0.717, 1.165) is 12.3 Å². The van der Waals surface area contributed by atoms with E-state index >= 15 is 0 Å². The summed E-state index contributed by atoms with van der Waals surface area (Å²) >= 11 is 0. The molecule has 0 heterocycles.